The number of ether oxygens (including phenoxy) is 1. The highest BCUT2D eigenvalue weighted by molar-refractivity contribution is 6.74. The molecule has 3 rings (SSSR count). The van der Waals surface area contributed by atoms with Gasteiger partial charge in [-0.3, -0.25) is 4.79 Å². The van der Waals surface area contributed by atoms with Gasteiger partial charge in [0, 0.05) is 5.88 Å². The van der Waals surface area contributed by atoms with Gasteiger partial charge in [-0.05, 0) is 43.3 Å². The van der Waals surface area contributed by atoms with E-state index in [2.05, 4.69) is 39.2 Å². The van der Waals surface area contributed by atoms with Crippen molar-refractivity contribution in [3.63, 3.8) is 0 Å². The summed E-state index contributed by atoms with van der Waals surface area (Å²) >= 11 is 5.96. The van der Waals surface area contributed by atoms with Gasteiger partial charge in [-0.1, -0.05) is 40.0 Å². The van der Waals surface area contributed by atoms with Gasteiger partial charge in [0.25, 0.3) is 0 Å². The fourth-order valence-corrected chi connectivity index (χ4v) is 6.57. The van der Waals surface area contributed by atoms with Crippen molar-refractivity contribution in [1.29, 1.82) is 0 Å². The Morgan fingerprint density at radius 1 is 1.34 bits per heavy atom. The molecule has 2 aliphatic heterocycles. The van der Waals surface area contributed by atoms with Gasteiger partial charge in [0.05, 0.1) is 18.6 Å². The Balaban J connectivity index is 2.09. The molecule has 0 bridgehead atoms. The molecule has 2 heterocycles. The maximum absolute atomic E-state index is 12.9. The molecule has 29 heavy (non-hydrogen) atoms. The summed E-state index contributed by atoms with van der Waals surface area (Å²) < 4.78 is 12.7. The van der Waals surface area contributed by atoms with Crippen LogP contribution in [0.4, 0.5) is 0 Å². The number of hydrogen-bond donors (Lipinski definition) is 2. The van der Waals surface area contributed by atoms with E-state index in [0.717, 1.165) is 32.1 Å². The Morgan fingerprint density at radius 3 is 2.38 bits per heavy atom. The smallest absolute Gasteiger partial charge is 0.335 e. The first-order chi connectivity index (χ1) is 13.4. The van der Waals surface area contributed by atoms with Crippen LogP contribution in [0.1, 0.15) is 59.3 Å². The molecule has 1 spiro atoms. The second-order valence-electron chi connectivity index (χ2n) is 10.5. The van der Waals surface area contributed by atoms with Gasteiger partial charge < -0.3 is 19.6 Å². The van der Waals surface area contributed by atoms with Crippen molar-refractivity contribution < 1.29 is 23.9 Å². The molecule has 166 valence electrons. The van der Waals surface area contributed by atoms with E-state index in [0.29, 0.717) is 6.42 Å². The van der Waals surface area contributed by atoms with Crippen LogP contribution in [0.2, 0.25) is 18.1 Å². The molecule has 0 aromatic heterocycles. The SMILES string of the molecule is CC(C)(C)[Si](C)(C)OC(C1CCCCC1)C1(C(=O)O)NC(=O)C(CCCl)C12CO2. The van der Waals surface area contributed by atoms with Crippen LogP contribution >= 0.6 is 11.6 Å². The van der Waals surface area contributed by atoms with Crippen molar-refractivity contribution in [2.45, 2.75) is 94.7 Å². The molecule has 8 heteroatoms. The van der Waals surface area contributed by atoms with E-state index in [1.165, 1.54) is 0 Å². The number of halogens is 1. The quantitative estimate of drug-likeness (QED) is 0.352. The Bertz CT molecular complexity index is 654. The molecule has 2 saturated heterocycles. The molecule has 3 fully saturated rings. The van der Waals surface area contributed by atoms with Crippen LogP contribution in [0.25, 0.3) is 0 Å². The topological polar surface area (TPSA) is 88.2 Å². The minimum atomic E-state index is -2.31. The second-order valence-corrected chi connectivity index (χ2v) is 15.6. The van der Waals surface area contributed by atoms with E-state index >= 15 is 0 Å². The van der Waals surface area contributed by atoms with E-state index in [-0.39, 0.29) is 29.4 Å². The highest BCUT2D eigenvalue weighted by Gasteiger charge is 2.79. The van der Waals surface area contributed by atoms with Gasteiger partial charge in [0.1, 0.15) is 5.60 Å². The maximum Gasteiger partial charge on any atom is 0.335 e. The number of aliphatic carboxylic acids is 1. The maximum atomic E-state index is 12.9. The van der Waals surface area contributed by atoms with E-state index in [1.807, 2.05) is 0 Å². The van der Waals surface area contributed by atoms with E-state index in [1.54, 1.807) is 0 Å². The number of carbonyl (C=O) groups excluding carboxylic acids is 1. The minimum Gasteiger partial charge on any atom is -0.479 e. The zero-order valence-corrected chi connectivity index (χ0v) is 20.1. The standard InChI is InChI=1S/C21H36ClNO5Si/c1-19(2,3)29(4,5)28-16(14-9-7-6-8-10-14)21(18(25)26)20(13-27-20)15(11-12-22)17(24)23-21/h14-16H,6-13H2,1-5H3,(H,23,24)(H,25,26). The summed E-state index contributed by atoms with van der Waals surface area (Å²) in [7, 11) is -2.31. The minimum absolute atomic E-state index is 0.0741. The number of alkyl halides is 1. The fourth-order valence-electron chi connectivity index (χ4n) is 4.99. The van der Waals surface area contributed by atoms with Crippen molar-refractivity contribution in [3.05, 3.63) is 0 Å². The van der Waals surface area contributed by atoms with Crippen LogP contribution in [0, 0.1) is 11.8 Å². The first-order valence-corrected chi connectivity index (χ1v) is 14.3. The second kappa shape index (κ2) is 7.81. The molecule has 1 aliphatic carbocycles. The number of hydrogen-bond acceptors (Lipinski definition) is 4. The zero-order valence-electron chi connectivity index (χ0n) is 18.3. The summed E-state index contributed by atoms with van der Waals surface area (Å²) in [5.74, 6) is -1.49. The van der Waals surface area contributed by atoms with Gasteiger partial charge in [-0.2, -0.15) is 0 Å². The molecule has 0 radical (unpaired) electrons. The van der Waals surface area contributed by atoms with Gasteiger partial charge in [0.2, 0.25) is 5.91 Å². The van der Waals surface area contributed by atoms with Crippen LogP contribution in [0.15, 0.2) is 0 Å². The number of carboxylic acids is 1. The van der Waals surface area contributed by atoms with Crippen LogP contribution in [-0.4, -0.2) is 55.0 Å². The number of rotatable bonds is 7. The normalized spacial score (nSPS) is 34.3. The number of epoxide rings is 1. The summed E-state index contributed by atoms with van der Waals surface area (Å²) in [6.07, 6.45) is 4.91. The summed E-state index contributed by atoms with van der Waals surface area (Å²) in [4.78, 5) is 25.8. The lowest BCUT2D eigenvalue weighted by molar-refractivity contribution is -0.156. The predicted octanol–water partition coefficient (Wildman–Crippen LogP) is 3.92. The Hall–Kier alpha value is -0.633. The molecule has 3 aliphatic rings. The highest BCUT2D eigenvalue weighted by atomic mass is 35.5. The molecule has 1 amide bonds. The van der Waals surface area contributed by atoms with Crippen LogP contribution in [0.5, 0.6) is 0 Å². The van der Waals surface area contributed by atoms with Crippen LogP contribution in [-0.2, 0) is 18.8 Å². The first kappa shape index (κ1) is 23.0. The number of carboxylic acid groups (broad SMARTS) is 1. The summed E-state index contributed by atoms with van der Waals surface area (Å²) in [6.45, 7) is 11.0. The number of amides is 1. The molecule has 0 aromatic rings. The largest absolute Gasteiger partial charge is 0.479 e. The average Bonchev–Trinajstić information content (AvgIpc) is 3.39. The van der Waals surface area contributed by atoms with E-state index < -0.39 is 37.4 Å². The Labute approximate surface area is 180 Å². The number of nitrogens with one attached hydrogen (secondary N) is 1. The lowest BCUT2D eigenvalue weighted by Crippen LogP contribution is -2.70. The van der Waals surface area contributed by atoms with Crippen molar-refractivity contribution in [2.75, 3.05) is 12.5 Å². The van der Waals surface area contributed by atoms with Gasteiger partial charge in [-0.15, -0.1) is 11.6 Å². The molecule has 1 saturated carbocycles. The molecule has 4 atom stereocenters. The fraction of sp³-hybridized carbons (Fsp3) is 0.905. The van der Waals surface area contributed by atoms with Crippen molar-refractivity contribution in [1.82, 2.24) is 5.32 Å². The van der Waals surface area contributed by atoms with Gasteiger partial charge >= 0.3 is 5.97 Å². The molecule has 0 aromatic carbocycles. The molecular weight excluding hydrogens is 410 g/mol. The highest BCUT2D eigenvalue weighted by Crippen LogP contribution is 2.56. The third-order valence-corrected chi connectivity index (χ3v) is 12.5. The first-order valence-electron chi connectivity index (χ1n) is 10.9. The Kier molecular flexibility index (Phi) is 6.20. The molecule has 6 nitrogen and oxygen atoms in total. The predicted molar refractivity (Wildman–Crippen MR) is 115 cm³/mol. The van der Waals surface area contributed by atoms with Crippen LogP contribution < -0.4 is 5.32 Å². The van der Waals surface area contributed by atoms with Gasteiger partial charge in [0.15, 0.2) is 13.9 Å². The average molecular weight is 446 g/mol. The van der Waals surface area contributed by atoms with Gasteiger partial charge in [-0.25, -0.2) is 4.79 Å². The third kappa shape index (κ3) is 3.66. The summed E-state index contributed by atoms with van der Waals surface area (Å²) in [5, 5.41) is 13.4. The Morgan fingerprint density at radius 2 is 1.93 bits per heavy atom. The van der Waals surface area contributed by atoms with Crippen molar-refractivity contribution in [3.8, 4) is 0 Å². The molecule has 4 unspecified atom stereocenters. The van der Waals surface area contributed by atoms with Crippen molar-refractivity contribution >= 4 is 31.8 Å². The lowest BCUT2D eigenvalue weighted by Gasteiger charge is -2.48. The molecular formula is C21H36ClNO5Si. The van der Waals surface area contributed by atoms with E-state index in [4.69, 9.17) is 20.8 Å². The third-order valence-electron chi connectivity index (χ3n) is 7.79. The monoisotopic (exact) mass is 445 g/mol. The zero-order chi connectivity index (χ0) is 21.7. The summed E-state index contributed by atoms with van der Waals surface area (Å²) in [6, 6.07) is 0. The van der Waals surface area contributed by atoms with Crippen molar-refractivity contribution in [2.24, 2.45) is 11.8 Å². The van der Waals surface area contributed by atoms with Crippen LogP contribution in [0.3, 0.4) is 0 Å². The van der Waals surface area contributed by atoms with E-state index in [9.17, 15) is 14.7 Å². The lowest BCUT2D eigenvalue weighted by atomic mass is 9.69. The summed E-state index contributed by atoms with van der Waals surface area (Å²) in [5.41, 5.74) is -2.62. The molecule has 2 N–H and O–H groups in total. The number of carbonyl (C=O) groups is 2.